The summed E-state index contributed by atoms with van der Waals surface area (Å²) in [4.78, 5) is 40.4. The van der Waals surface area contributed by atoms with Crippen molar-refractivity contribution in [1.82, 2.24) is 14.8 Å². The number of carbonyl (C=O) groups is 2. The van der Waals surface area contributed by atoms with E-state index in [-0.39, 0.29) is 17.0 Å². The largest absolute Gasteiger partial charge is 0.466 e. The lowest BCUT2D eigenvalue weighted by Crippen LogP contribution is -2.15. The molecule has 4 aromatic rings. The quantitative estimate of drug-likeness (QED) is 0.270. The Morgan fingerprint density at radius 1 is 1.06 bits per heavy atom. The number of aromatic nitrogens is 3. The summed E-state index contributed by atoms with van der Waals surface area (Å²) in [5.41, 5.74) is 0.906. The third kappa shape index (κ3) is 4.64. The van der Waals surface area contributed by atoms with Crippen molar-refractivity contribution in [3.63, 3.8) is 0 Å². The Kier molecular flexibility index (Phi) is 5.98. The normalized spacial score (nSPS) is 11.3. The molecular formula is C23H18N4O6. The average molecular weight is 446 g/mol. The van der Waals surface area contributed by atoms with Gasteiger partial charge < -0.3 is 19.2 Å². The van der Waals surface area contributed by atoms with Gasteiger partial charge in [0.1, 0.15) is 17.6 Å². The predicted octanol–water partition coefficient (Wildman–Crippen LogP) is 2.68. The van der Waals surface area contributed by atoms with Crippen LogP contribution in [0.4, 0.5) is 5.69 Å². The van der Waals surface area contributed by atoms with E-state index in [9.17, 15) is 14.4 Å². The van der Waals surface area contributed by atoms with Gasteiger partial charge in [-0.1, -0.05) is 30.3 Å². The van der Waals surface area contributed by atoms with Gasteiger partial charge >= 0.3 is 17.6 Å². The molecule has 10 nitrogen and oxygen atoms in total. The molecular weight excluding hydrogens is 428 g/mol. The van der Waals surface area contributed by atoms with Gasteiger partial charge in [-0.15, -0.1) is 5.10 Å². The fraction of sp³-hybridized carbons (Fsp3) is 0.0870. The highest BCUT2D eigenvalue weighted by Crippen LogP contribution is 2.22. The van der Waals surface area contributed by atoms with E-state index in [1.165, 1.54) is 31.3 Å². The van der Waals surface area contributed by atoms with Gasteiger partial charge in [0.25, 0.3) is 0 Å². The van der Waals surface area contributed by atoms with E-state index < -0.39 is 17.6 Å². The van der Waals surface area contributed by atoms with Crippen molar-refractivity contribution in [2.75, 3.05) is 19.5 Å². The lowest BCUT2D eigenvalue weighted by molar-refractivity contribution is -0.138. The molecule has 0 aliphatic carbocycles. The molecule has 0 saturated heterocycles. The molecule has 0 spiro atoms. The number of hydrogen-bond donors (Lipinski definition) is 1. The van der Waals surface area contributed by atoms with Gasteiger partial charge in [0.15, 0.2) is 11.5 Å². The van der Waals surface area contributed by atoms with Gasteiger partial charge in [0, 0.05) is 22.7 Å². The maximum absolute atomic E-state index is 12.6. The molecule has 0 bridgehead atoms. The predicted molar refractivity (Wildman–Crippen MR) is 119 cm³/mol. The summed E-state index contributed by atoms with van der Waals surface area (Å²) >= 11 is 0. The first-order chi connectivity index (χ1) is 16.0. The first kappa shape index (κ1) is 21.5. The van der Waals surface area contributed by atoms with Crippen molar-refractivity contribution < 1.29 is 23.5 Å². The van der Waals surface area contributed by atoms with Crippen molar-refractivity contribution in [3.05, 3.63) is 83.1 Å². The second-order valence-electron chi connectivity index (χ2n) is 6.75. The molecule has 10 heteroatoms. The standard InChI is InChI=1S/C23H18N4O6/c1-31-20(28)12-17(22(29)32-2)25-16-9-8-15-10-18(23(30)33-19(15)11-16)27-13-24-21(26-27)14-6-4-3-5-7-14/h3-13,25H,1-2H3/b17-12+. The van der Waals surface area contributed by atoms with Gasteiger partial charge in [-0.3, -0.25) is 0 Å². The van der Waals surface area contributed by atoms with Gasteiger partial charge in [-0.2, -0.15) is 0 Å². The number of nitrogens with zero attached hydrogens (tertiary/aromatic N) is 3. The second-order valence-corrected chi connectivity index (χ2v) is 6.75. The third-order valence-corrected chi connectivity index (χ3v) is 4.64. The number of carbonyl (C=O) groups excluding carboxylic acids is 2. The van der Waals surface area contributed by atoms with E-state index in [1.807, 2.05) is 30.3 Å². The van der Waals surface area contributed by atoms with Crippen LogP contribution in [0.1, 0.15) is 0 Å². The Hall–Kier alpha value is -4.73. The van der Waals surface area contributed by atoms with E-state index in [2.05, 4.69) is 24.9 Å². The molecule has 0 aliphatic heterocycles. The minimum Gasteiger partial charge on any atom is -0.466 e. The molecule has 1 N–H and O–H groups in total. The third-order valence-electron chi connectivity index (χ3n) is 4.64. The number of rotatable bonds is 6. The Morgan fingerprint density at radius 3 is 2.58 bits per heavy atom. The number of fused-ring (bicyclic) bond motifs is 1. The maximum atomic E-state index is 12.6. The number of ether oxygens (including phenoxy) is 2. The van der Waals surface area contributed by atoms with Crippen LogP contribution in [-0.2, 0) is 19.1 Å². The molecule has 2 aromatic heterocycles. The summed E-state index contributed by atoms with van der Waals surface area (Å²) in [7, 11) is 2.37. The van der Waals surface area contributed by atoms with Crippen molar-refractivity contribution in [2.24, 2.45) is 0 Å². The average Bonchev–Trinajstić information content (AvgIpc) is 3.33. The summed E-state index contributed by atoms with van der Waals surface area (Å²) in [6, 6.07) is 15.9. The zero-order valence-electron chi connectivity index (χ0n) is 17.6. The zero-order chi connectivity index (χ0) is 23.4. The van der Waals surface area contributed by atoms with Crippen LogP contribution in [0.5, 0.6) is 0 Å². The van der Waals surface area contributed by atoms with Crippen molar-refractivity contribution in [2.45, 2.75) is 0 Å². The molecule has 0 radical (unpaired) electrons. The lowest BCUT2D eigenvalue weighted by Gasteiger charge is -2.10. The van der Waals surface area contributed by atoms with E-state index in [4.69, 9.17) is 4.42 Å². The molecule has 0 fully saturated rings. The fourth-order valence-corrected chi connectivity index (χ4v) is 3.02. The van der Waals surface area contributed by atoms with Crippen LogP contribution in [0.3, 0.4) is 0 Å². The van der Waals surface area contributed by atoms with E-state index in [1.54, 1.807) is 18.2 Å². The lowest BCUT2D eigenvalue weighted by atomic mass is 10.2. The Morgan fingerprint density at radius 2 is 1.85 bits per heavy atom. The zero-order valence-corrected chi connectivity index (χ0v) is 17.6. The van der Waals surface area contributed by atoms with Crippen molar-refractivity contribution >= 4 is 28.6 Å². The van der Waals surface area contributed by atoms with Gasteiger partial charge in [-0.25, -0.2) is 24.0 Å². The van der Waals surface area contributed by atoms with Crippen LogP contribution in [0.25, 0.3) is 28.0 Å². The molecule has 2 heterocycles. The van der Waals surface area contributed by atoms with Crippen LogP contribution in [0.2, 0.25) is 0 Å². The Balaban J connectivity index is 1.66. The van der Waals surface area contributed by atoms with Crippen molar-refractivity contribution in [3.8, 4) is 17.1 Å². The van der Waals surface area contributed by atoms with Gasteiger partial charge in [0.05, 0.1) is 20.3 Å². The van der Waals surface area contributed by atoms with Gasteiger partial charge in [-0.05, 0) is 18.2 Å². The first-order valence-electron chi connectivity index (χ1n) is 9.69. The second kappa shape index (κ2) is 9.18. The number of esters is 2. The van der Waals surface area contributed by atoms with Crippen LogP contribution in [-0.4, -0.2) is 40.9 Å². The molecule has 0 saturated carbocycles. The van der Waals surface area contributed by atoms with Crippen LogP contribution >= 0.6 is 0 Å². The Bertz CT molecular complexity index is 1420. The van der Waals surface area contributed by atoms with Crippen molar-refractivity contribution in [1.29, 1.82) is 0 Å². The highest BCUT2D eigenvalue weighted by molar-refractivity contribution is 5.99. The van der Waals surface area contributed by atoms with E-state index >= 15 is 0 Å². The molecule has 0 atom stereocenters. The topological polar surface area (TPSA) is 126 Å². The minimum absolute atomic E-state index is 0.140. The van der Waals surface area contributed by atoms with Crippen LogP contribution in [0.15, 0.2) is 81.9 Å². The molecule has 0 aliphatic rings. The summed E-state index contributed by atoms with van der Waals surface area (Å²) in [6.07, 6.45) is 2.40. The summed E-state index contributed by atoms with van der Waals surface area (Å²) in [5.74, 6) is -1.03. The number of methoxy groups -OCH3 is 2. The van der Waals surface area contributed by atoms with Crippen LogP contribution < -0.4 is 10.9 Å². The molecule has 33 heavy (non-hydrogen) atoms. The highest BCUT2D eigenvalue weighted by atomic mass is 16.5. The molecule has 166 valence electrons. The fourth-order valence-electron chi connectivity index (χ4n) is 3.02. The molecule has 0 unspecified atom stereocenters. The SMILES string of the molecule is COC(=O)/C=C(/Nc1ccc2cc(-n3cnc(-c4ccccc4)n3)c(=O)oc2c1)C(=O)OC. The maximum Gasteiger partial charge on any atom is 0.362 e. The summed E-state index contributed by atoms with van der Waals surface area (Å²) in [6.45, 7) is 0. The summed E-state index contributed by atoms with van der Waals surface area (Å²) in [5, 5.41) is 7.76. The van der Waals surface area contributed by atoms with E-state index in [0.29, 0.717) is 16.9 Å². The number of nitrogens with one attached hydrogen (secondary N) is 1. The number of hydrogen-bond acceptors (Lipinski definition) is 9. The molecule has 4 rings (SSSR count). The minimum atomic E-state index is -0.766. The van der Waals surface area contributed by atoms with Crippen LogP contribution in [0, 0.1) is 0 Å². The number of benzene rings is 2. The highest BCUT2D eigenvalue weighted by Gasteiger charge is 2.15. The number of anilines is 1. The Labute approximate surface area is 187 Å². The smallest absolute Gasteiger partial charge is 0.362 e. The molecule has 0 amide bonds. The van der Waals surface area contributed by atoms with Gasteiger partial charge in [0.2, 0.25) is 0 Å². The monoisotopic (exact) mass is 446 g/mol. The first-order valence-corrected chi connectivity index (χ1v) is 9.69. The van der Waals surface area contributed by atoms with E-state index in [0.717, 1.165) is 11.6 Å². The summed E-state index contributed by atoms with van der Waals surface area (Å²) < 4.78 is 16.0. The molecule has 2 aromatic carbocycles.